The second-order valence-electron chi connectivity index (χ2n) is 4.61. The van der Waals surface area contributed by atoms with Crippen LogP contribution in [0.5, 0.6) is 0 Å². The highest BCUT2D eigenvalue weighted by atomic mass is 16.1. The van der Waals surface area contributed by atoms with Gasteiger partial charge in [-0.1, -0.05) is 0 Å². The van der Waals surface area contributed by atoms with Crippen molar-refractivity contribution in [3.05, 3.63) is 18.0 Å². The van der Waals surface area contributed by atoms with Crippen molar-refractivity contribution < 1.29 is 4.79 Å². The topological polar surface area (TPSA) is 84.8 Å². The van der Waals surface area contributed by atoms with Crippen LogP contribution in [0.2, 0.25) is 0 Å². The summed E-state index contributed by atoms with van der Waals surface area (Å²) in [6.07, 6.45) is 8.24. The Morgan fingerprint density at radius 1 is 1.65 bits per heavy atom. The first-order chi connectivity index (χ1) is 8.29. The lowest BCUT2D eigenvalue weighted by atomic mass is 9.95. The summed E-state index contributed by atoms with van der Waals surface area (Å²) in [5, 5.41) is 18.4. The molecular weight excluding hydrogens is 218 g/mol. The lowest BCUT2D eigenvalue weighted by Crippen LogP contribution is -2.43. The summed E-state index contributed by atoms with van der Waals surface area (Å²) >= 11 is 0. The van der Waals surface area contributed by atoms with Crippen LogP contribution in [-0.2, 0) is 0 Å². The van der Waals surface area contributed by atoms with Crippen LogP contribution in [0.3, 0.4) is 0 Å². The maximum atomic E-state index is 11.9. The van der Waals surface area contributed by atoms with Gasteiger partial charge in [0.1, 0.15) is 0 Å². The van der Waals surface area contributed by atoms with Crippen molar-refractivity contribution in [1.29, 1.82) is 5.26 Å². The molecule has 0 saturated carbocycles. The molecule has 0 aromatic carbocycles. The summed E-state index contributed by atoms with van der Waals surface area (Å²) in [4.78, 5) is 13.7. The van der Waals surface area contributed by atoms with Gasteiger partial charge in [0.2, 0.25) is 0 Å². The zero-order valence-corrected chi connectivity index (χ0v) is 9.26. The Morgan fingerprint density at radius 2 is 2.53 bits per heavy atom. The number of nitrogens with one attached hydrogen (secondary N) is 2. The van der Waals surface area contributed by atoms with Crippen molar-refractivity contribution in [1.82, 2.24) is 20.4 Å². The Labute approximate surface area is 98.6 Å². The molecule has 3 heterocycles. The molecule has 2 saturated heterocycles. The number of carbonyl (C=O) groups excluding carboxylic acids is 1. The molecule has 88 valence electrons. The summed E-state index contributed by atoms with van der Waals surface area (Å²) in [5.74, 6) is -0.116. The van der Waals surface area contributed by atoms with Crippen LogP contribution in [0.4, 0.5) is 0 Å². The van der Waals surface area contributed by atoms with Crippen molar-refractivity contribution in [3.63, 3.8) is 0 Å². The second kappa shape index (κ2) is 3.77. The van der Waals surface area contributed by atoms with Crippen LogP contribution in [-0.4, -0.2) is 39.1 Å². The average Bonchev–Trinajstić information content (AvgIpc) is 3.04. The van der Waals surface area contributed by atoms with Crippen LogP contribution < -0.4 is 5.32 Å². The molecule has 2 aliphatic rings. The highest BCUT2D eigenvalue weighted by Crippen LogP contribution is 2.36. The van der Waals surface area contributed by atoms with Crippen LogP contribution in [0.25, 0.3) is 0 Å². The number of hydrogen-bond acceptors (Lipinski definition) is 4. The number of fused-ring (bicyclic) bond motifs is 2. The van der Waals surface area contributed by atoms with Gasteiger partial charge in [-0.3, -0.25) is 9.89 Å². The van der Waals surface area contributed by atoms with Crippen molar-refractivity contribution >= 4 is 5.91 Å². The minimum Gasteiger partial charge on any atom is -0.347 e. The number of hydrogen-bond donors (Lipinski definition) is 2. The molecule has 0 spiro atoms. The van der Waals surface area contributed by atoms with Gasteiger partial charge in [0.25, 0.3) is 5.91 Å². The highest BCUT2D eigenvalue weighted by molar-refractivity contribution is 5.93. The summed E-state index contributed by atoms with van der Waals surface area (Å²) in [7, 11) is 0. The molecule has 17 heavy (non-hydrogen) atoms. The minimum atomic E-state index is -0.116. The molecule has 6 nitrogen and oxygen atoms in total. The Morgan fingerprint density at radius 3 is 3.18 bits per heavy atom. The zero-order chi connectivity index (χ0) is 11.8. The Bertz CT molecular complexity index is 463. The maximum absolute atomic E-state index is 11.9. The van der Waals surface area contributed by atoms with E-state index in [2.05, 4.69) is 21.7 Å². The fraction of sp³-hybridized carbons (Fsp3) is 0.545. The fourth-order valence-electron chi connectivity index (χ4n) is 2.93. The summed E-state index contributed by atoms with van der Waals surface area (Å²) < 4.78 is 0. The van der Waals surface area contributed by atoms with Gasteiger partial charge in [0, 0.05) is 12.2 Å². The van der Waals surface area contributed by atoms with Crippen molar-refractivity contribution in [2.75, 3.05) is 0 Å². The van der Waals surface area contributed by atoms with Crippen LogP contribution in [0, 0.1) is 11.5 Å². The highest BCUT2D eigenvalue weighted by Gasteiger charge is 2.46. The van der Waals surface area contributed by atoms with Gasteiger partial charge in [-0.25, -0.2) is 0 Å². The first-order valence-electron chi connectivity index (χ1n) is 5.77. The molecule has 3 rings (SSSR count). The first kappa shape index (κ1) is 10.1. The van der Waals surface area contributed by atoms with E-state index in [9.17, 15) is 4.79 Å². The molecule has 1 amide bonds. The smallest absolute Gasteiger partial charge is 0.254 e. The second-order valence-corrected chi connectivity index (χ2v) is 4.61. The van der Waals surface area contributed by atoms with Crippen LogP contribution >= 0.6 is 0 Å². The number of rotatable bonds is 2. The molecule has 0 radical (unpaired) electrons. The van der Waals surface area contributed by atoms with Gasteiger partial charge < -0.3 is 10.2 Å². The Balaban J connectivity index is 1.68. The van der Waals surface area contributed by atoms with Crippen LogP contribution in [0.15, 0.2) is 12.4 Å². The third-order valence-electron chi connectivity index (χ3n) is 3.73. The van der Waals surface area contributed by atoms with E-state index < -0.39 is 0 Å². The molecule has 2 fully saturated rings. The molecule has 0 aliphatic carbocycles. The van der Waals surface area contributed by atoms with E-state index in [4.69, 9.17) is 5.26 Å². The van der Waals surface area contributed by atoms with E-state index in [1.54, 1.807) is 6.20 Å². The number of nitriles is 1. The van der Waals surface area contributed by atoms with Gasteiger partial charge >= 0.3 is 0 Å². The molecule has 6 heteroatoms. The Hall–Kier alpha value is -2.03. The number of H-pyrrole nitrogens is 1. The number of nitrogens with zero attached hydrogens (tertiary/aromatic N) is 3. The number of aromatic amines is 1. The lowest BCUT2D eigenvalue weighted by Gasteiger charge is -2.21. The molecule has 0 unspecified atom stereocenters. The van der Waals surface area contributed by atoms with Gasteiger partial charge in [-0.05, 0) is 19.3 Å². The molecule has 3 atom stereocenters. The van der Waals surface area contributed by atoms with Gasteiger partial charge in [0.15, 0.2) is 6.19 Å². The standard InChI is InChI=1S/C11H13N5O/c12-6-16-8-1-2-10(16)9(3-8)15-11(17)7-4-13-14-5-7/h4-5,8-10H,1-3H2,(H,13,14)(H,15,17)/t8-,9+,10+/m0/s1. The predicted molar refractivity (Wildman–Crippen MR) is 58.7 cm³/mol. The van der Waals surface area contributed by atoms with E-state index >= 15 is 0 Å². The summed E-state index contributed by atoms with van der Waals surface area (Å²) in [6.45, 7) is 0. The molecule has 1 aromatic rings. The lowest BCUT2D eigenvalue weighted by molar-refractivity contribution is 0.0928. The van der Waals surface area contributed by atoms with E-state index in [0.29, 0.717) is 11.6 Å². The normalized spacial score (nSPS) is 30.3. The van der Waals surface area contributed by atoms with Crippen LogP contribution in [0.1, 0.15) is 29.6 Å². The SMILES string of the molecule is N#CN1[C@H]2CC[C@@H]1[C@H](NC(=O)c1cn[nH]c1)C2. The number of amides is 1. The summed E-state index contributed by atoms with van der Waals surface area (Å²) in [6, 6.07) is 0.594. The zero-order valence-electron chi connectivity index (χ0n) is 9.26. The largest absolute Gasteiger partial charge is 0.347 e. The molecule has 2 aliphatic heterocycles. The summed E-state index contributed by atoms with van der Waals surface area (Å²) in [5.41, 5.74) is 0.538. The minimum absolute atomic E-state index is 0.0933. The molecule has 1 aromatic heterocycles. The van der Waals surface area contributed by atoms with Gasteiger partial charge in [-0.15, -0.1) is 0 Å². The predicted octanol–water partition coefficient (Wildman–Crippen LogP) is 0.226. The van der Waals surface area contributed by atoms with Crippen molar-refractivity contribution in [3.8, 4) is 6.19 Å². The Kier molecular flexibility index (Phi) is 2.25. The van der Waals surface area contributed by atoms with Crippen molar-refractivity contribution in [2.24, 2.45) is 0 Å². The molecule has 2 bridgehead atoms. The number of carbonyl (C=O) groups is 1. The van der Waals surface area contributed by atoms with E-state index in [1.807, 2.05) is 4.90 Å². The fourth-order valence-corrected chi connectivity index (χ4v) is 2.93. The number of aromatic nitrogens is 2. The molecular formula is C11H13N5O. The van der Waals surface area contributed by atoms with E-state index in [0.717, 1.165) is 19.3 Å². The van der Waals surface area contributed by atoms with E-state index in [1.165, 1.54) is 6.20 Å². The van der Waals surface area contributed by atoms with Gasteiger partial charge in [-0.2, -0.15) is 10.4 Å². The average molecular weight is 231 g/mol. The third kappa shape index (κ3) is 1.55. The van der Waals surface area contributed by atoms with Gasteiger partial charge in [0.05, 0.1) is 23.8 Å². The molecule has 2 N–H and O–H groups in total. The third-order valence-corrected chi connectivity index (χ3v) is 3.73. The monoisotopic (exact) mass is 231 g/mol. The van der Waals surface area contributed by atoms with E-state index in [-0.39, 0.29) is 18.0 Å². The maximum Gasteiger partial charge on any atom is 0.254 e. The quantitative estimate of drug-likeness (QED) is 0.713. The first-order valence-corrected chi connectivity index (χ1v) is 5.77. The van der Waals surface area contributed by atoms with Crippen molar-refractivity contribution in [2.45, 2.75) is 37.4 Å².